The summed E-state index contributed by atoms with van der Waals surface area (Å²) in [5.41, 5.74) is 0.934. The van der Waals surface area contributed by atoms with E-state index in [0.717, 1.165) is 12.0 Å². The second kappa shape index (κ2) is 6.34. The van der Waals surface area contributed by atoms with Crippen molar-refractivity contribution in [1.82, 2.24) is 5.32 Å². The molecule has 1 aromatic rings. The Morgan fingerprint density at radius 2 is 1.83 bits per heavy atom. The molecule has 18 heavy (non-hydrogen) atoms. The Labute approximate surface area is 111 Å². The molecule has 1 N–H and O–H groups in total. The lowest BCUT2D eigenvalue weighted by atomic mass is 9.90. The maximum absolute atomic E-state index is 12.1. The van der Waals surface area contributed by atoms with Crippen molar-refractivity contribution in [3.8, 4) is 0 Å². The first-order chi connectivity index (χ1) is 8.47. The SMILES string of the molecule is CCC(c1ccccc1S(=O)(=O)CC)C(C)NC. The minimum atomic E-state index is -3.15. The van der Waals surface area contributed by atoms with Crippen molar-refractivity contribution in [2.75, 3.05) is 12.8 Å². The second-order valence-electron chi connectivity index (χ2n) is 4.53. The summed E-state index contributed by atoms with van der Waals surface area (Å²) in [6, 6.07) is 7.62. The molecule has 0 aliphatic rings. The molecule has 2 atom stereocenters. The number of hydrogen-bond acceptors (Lipinski definition) is 3. The molecule has 0 heterocycles. The summed E-state index contributed by atoms with van der Waals surface area (Å²) in [5, 5.41) is 3.22. The van der Waals surface area contributed by atoms with E-state index in [0.29, 0.717) is 4.90 Å². The van der Waals surface area contributed by atoms with Gasteiger partial charge in [0.05, 0.1) is 10.6 Å². The molecule has 0 aromatic heterocycles. The molecule has 1 aromatic carbocycles. The molecule has 102 valence electrons. The largest absolute Gasteiger partial charge is 0.317 e. The molecule has 0 radical (unpaired) electrons. The topological polar surface area (TPSA) is 46.2 Å². The maximum atomic E-state index is 12.1. The van der Waals surface area contributed by atoms with Crippen LogP contribution in [0.5, 0.6) is 0 Å². The molecule has 0 saturated heterocycles. The molecule has 0 spiro atoms. The summed E-state index contributed by atoms with van der Waals surface area (Å²) < 4.78 is 24.3. The number of benzene rings is 1. The Morgan fingerprint density at radius 3 is 2.33 bits per heavy atom. The first kappa shape index (κ1) is 15.2. The van der Waals surface area contributed by atoms with Gasteiger partial charge in [-0.3, -0.25) is 0 Å². The summed E-state index contributed by atoms with van der Waals surface area (Å²) in [5.74, 6) is 0.363. The zero-order valence-corrected chi connectivity index (χ0v) is 12.4. The van der Waals surface area contributed by atoms with Crippen LogP contribution >= 0.6 is 0 Å². The molecular weight excluding hydrogens is 246 g/mol. The van der Waals surface area contributed by atoms with Gasteiger partial charge in [0.2, 0.25) is 0 Å². The molecule has 2 unspecified atom stereocenters. The molecule has 0 amide bonds. The van der Waals surface area contributed by atoms with E-state index < -0.39 is 9.84 Å². The maximum Gasteiger partial charge on any atom is 0.178 e. The minimum absolute atomic E-state index is 0.147. The molecule has 0 bridgehead atoms. The highest BCUT2D eigenvalue weighted by Crippen LogP contribution is 2.29. The van der Waals surface area contributed by atoms with Gasteiger partial charge in [0.15, 0.2) is 9.84 Å². The normalized spacial score (nSPS) is 15.3. The van der Waals surface area contributed by atoms with Crippen LogP contribution in [0.2, 0.25) is 0 Å². The van der Waals surface area contributed by atoms with E-state index in [4.69, 9.17) is 0 Å². The Balaban J connectivity index is 3.32. The number of sulfone groups is 1. The van der Waals surface area contributed by atoms with Crippen molar-refractivity contribution in [3.63, 3.8) is 0 Å². The van der Waals surface area contributed by atoms with E-state index in [1.165, 1.54) is 0 Å². The van der Waals surface area contributed by atoms with Gasteiger partial charge in [0.25, 0.3) is 0 Å². The van der Waals surface area contributed by atoms with Gasteiger partial charge in [0, 0.05) is 6.04 Å². The van der Waals surface area contributed by atoms with E-state index in [9.17, 15) is 8.42 Å². The van der Waals surface area contributed by atoms with Gasteiger partial charge in [-0.15, -0.1) is 0 Å². The van der Waals surface area contributed by atoms with Gasteiger partial charge in [-0.1, -0.05) is 32.0 Å². The fourth-order valence-corrected chi connectivity index (χ4v) is 3.45. The van der Waals surface area contributed by atoms with Gasteiger partial charge in [-0.05, 0) is 37.9 Å². The third-order valence-corrected chi connectivity index (χ3v) is 5.33. The third-order valence-electron chi connectivity index (χ3n) is 3.53. The molecule has 0 aliphatic heterocycles. The minimum Gasteiger partial charge on any atom is -0.317 e. The quantitative estimate of drug-likeness (QED) is 0.863. The van der Waals surface area contributed by atoms with Crippen LogP contribution in [-0.4, -0.2) is 27.3 Å². The van der Waals surface area contributed by atoms with Crippen LogP contribution in [0.15, 0.2) is 29.2 Å². The van der Waals surface area contributed by atoms with E-state index in [2.05, 4.69) is 19.2 Å². The molecule has 1 rings (SSSR count). The van der Waals surface area contributed by atoms with Crippen LogP contribution in [0.1, 0.15) is 38.7 Å². The molecule has 3 nitrogen and oxygen atoms in total. The van der Waals surface area contributed by atoms with Gasteiger partial charge < -0.3 is 5.32 Å². The third kappa shape index (κ3) is 3.12. The molecule has 0 aliphatic carbocycles. The highest BCUT2D eigenvalue weighted by atomic mass is 32.2. The lowest BCUT2D eigenvalue weighted by molar-refractivity contribution is 0.476. The fraction of sp³-hybridized carbons (Fsp3) is 0.571. The smallest absolute Gasteiger partial charge is 0.178 e. The Hall–Kier alpha value is -0.870. The van der Waals surface area contributed by atoms with Crippen molar-refractivity contribution in [2.24, 2.45) is 0 Å². The molecule has 0 fully saturated rings. The van der Waals surface area contributed by atoms with E-state index in [1.54, 1.807) is 19.1 Å². The van der Waals surface area contributed by atoms with Gasteiger partial charge >= 0.3 is 0 Å². The number of hydrogen-bond donors (Lipinski definition) is 1. The Kier molecular flexibility index (Phi) is 5.35. The Morgan fingerprint density at radius 1 is 1.22 bits per heavy atom. The van der Waals surface area contributed by atoms with E-state index in [-0.39, 0.29) is 17.7 Å². The van der Waals surface area contributed by atoms with E-state index in [1.807, 2.05) is 19.2 Å². The molecule has 4 heteroatoms. The van der Waals surface area contributed by atoms with Crippen molar-refractivity contribution in [1.29, 1.82) is 0 Å². The number of nitrogens with one attached hydrogen (secondary N) is 1. The van der Waals surface area contributed by atoms with Crippen LogP contribution in [0.4, 0.5) is 0 Å². The monoisotopic (exact) mass is 269 g/mol. The van der Waals surface area contributed by atoms with Gasteiger partial charge in [-0.25, -0.2) is 8.42 Å². The zero-order chi connectivity index (χ0) is 13.8. The van der Waals surface area contributed by atoms with Crippen LogP contribution in [0.3, 0.4) is 0 Å². The number of likely N-dealkylation sites (N-methyl/N-ethyl adjacent to an activating group) is 1. The summed E-state index contributed by atoms with van der Waals surface area (Å²) in [7, 11) is -1.25. The van der Waals surface area contributed by atoms with Crippen molar-refractivity contribution < 1.29 is 8.42 Å². The van der Waals surface area contributed by atoms with Crippen molar-refractivity contribution in [3.05, 3.63) is 29.8 Å². The van der Waals surface area contributed by atoms with Crippen LogP contribution < -0.4 is 5.32 Å². The fourth-order valence-electron chi connectivity index (χ4n) is 2.27. The van der Waals surface area contributed by atoms with Crippen LogP contribution in [0.25, 0.3) is 0 Å². The lowest BCUT2D eigenvalue weighted by Crippen LogP contribution is -2.29. The first-order valence-electron chi connectivity index (χ1n) is 6.46. The number of rotatable bonds is 6. The lowest BCUT2D eigenvalue weighted by Gasteiger charge is -2.24. The average Bonchev–Trinajstić information content (AvgIpc) is 2.39. The zero-order valence-electron chi connectivity index (χ0n) is 11.6. The Bertz CT molecular complexity index is 482. The first-order valence-corrected chi connectivity index (χ1v) is 8.12. The summed E-state index contributed by atoms with van der Waals surface area (Å²) in [6.45, 7) is 5.87. The summed E-state index contributed by atoms with van der Waals surface area (Å²) in [6.07, 6.45) is 0.915. The molecule has 0 saturated carbocycles. The summed E-state index contributed by atoms with van der Waals surface area (Å²) in [4.78, 5) is 0.487. The average molecular weight is 269 g/mol. The summed E-state index contributed by atoms with van der Waals surface area (Å²) >= 11 is 0. The highest BCUT2D eigenvalue weighted by Gasteiger charge is 2.24. The second-order valence-corrected chi connectivity index (χ2v) is 6.78. The molecular formula is C14H23NO2S. The van der Waals surface area contributed by atoms with Crippen molar-refractivity contribution >= 4 is 9.84 Å². The predicted molar refractivity (Wildman–Crippen MR) is 75.7 cm³/mol. The highest BCUT2D eigenvalue weighted by molar-refractivity contribution is 7.91. The van der Waals surface area contributed by atoms with Crippen LogP contribution in [0, 0.1) is 0 Å². The van der Waals surface area contributed by atoms with E-state index >= 15 is 0 Å². The van der Waals surface area contributed by atoms with Crippen LogP contribution in [-0.2, 0) is 9.84 Å². The standard InChI is InChI=1S/C14H23NO2S/c1-5-12(11(3)15-4)13-9-7-8-10-14(13)18(16,17)6-2/h7-12,15H,5-6H2,1-4H3. The predicted octanol–water partition coefficient (Wildman–Crippen LogP) is 2.58. The van der Waals surface area contributed by atoms with Crippen molar-refractivity contribution in [2.45, 2.75) is 44.0 Å². The van der Waals surface area contributed by atoms with Gasteiger partial charge in [0.1, 0.15) is 0 Å². The van der Waals surface area contributed by atoms with Gasteiger partial charge in [-0.2, -0.15) is 0 Å².